The van der Waals surface area contributed by atoms with Crippen LogP contribution in [0, 0.1) is 13.8 Å². The SMILES string of the molecule is Cc1ccc2c(C[n+]3cccc(O)c3)cc(=O)oc2c1C. The van der Waals surface area contributed by atoms with Gasteiger partial charge in [-0.05, 0) is 31.0 Å². The number of fused-ring (bicyclic) bond motifs is 1. The number of benzene rings is 1. The third kappa shape index (κ3) is 2.52. The van der Waals surface area contributed by atoms with Crippen molar-refractivity contribution < 1.29 is 14.1 Å². The average molecular weight is 282 g/mol. The van der Waals surface area contributed by atoms with Crippen LogP contribution in [0.1, 0.15) is 16.7 Å². The maximum Gasteiger partial charge on any atom is 0.336 e. The molecular formula is C17H16NO3+. The Hall–Kier alpha value is -2.62. The first kappa shape index (κ1) is 13.4. The van der Waals surface area contributed by atoms with Crippen LogP contribution in [-0.2, 0) is 6.54 Å². The Bertz CT molecular complexity index is 881. The molecule has 2 heterocycles. The lowest BCUT2D eigenvalue weighted by Gasteiger charge is -2.07. The molecule has 0 bridgehead atoms. The summed E-state index contributed by atoms with van der Waals surface area (Å²) in [4.78, 5) is 11.8. The molecular weight excluding hydrogens is 266 g/mol. The van der Waals surface area contributed by atoms with Gasteiger partial charge in [0.2, 0.25) is 6.20 Å². The second-order valence-electron chi connectivity index (χ2n) is 5.21. The van der Waals surface area contributed by atoms with Gasteiger partial charge in [-0.25, -0.2) is 4.79 Å². The van der Waals surface area contributed by atoms with Crippen LogP contribution in [0.25, 0.3) is 11.0 Å². The van der Waals surface area contributed by atoms with Crippen LogP contribution >= 0.6 is 0 Å². The highest BCUT2D eigenvalue weighted by Crippen LogP contribution is 2.23. The third-order valence-electron chi connectivity index (χ3n) is 3.71. The van der Waals surface area contributed by atoms with Crippen molar-refractivity contribution in [3.8, 4) is 5.75 Å². The van der Waals surface area contributed by atoms with Crippen molar-refractivity contribution in [1.82, 2.24) is 0 Å². The lowest BCUT2D eigenvalue weighted by atomic mass is 10.0. The van der Waals surface area contributed by atoms with E-state index in [1.807, 2.05) is 36.7 Å². The quantitative estimate of drug-likeness (QED) is 0.580. The first-order chi connectivity index (χ1) is 10.0. The smallest absolute Gasteiger partial charge is 0.336 e. The Morgan fingerprint density at radius 1 is 1.24 bits per heavy atom. The maximum atomic E-state index is 11.8. The molecule has 21 heavy (non-hydrogen) atoms. The molecule has 0 atom stereocenters. The van der Waals surface area contributed by atoms with Gasteiger partial charge in [-0.3, -0.25) is 0 Å². The number of hydrogen-bond donors (Lipinski definition) is 1. The molecule has 1 aromatic carbocycles. The summed E-state index contributed by atoms with van der Waals surface area (Å²) in [7, 11) is 0. The summed E-state index contributed by atoms with van der Waals surface area (Å²) in [5.41, 5.74) is 3.23. The van der Waals surface area contributed by atoms with Gasteiger partial charge in [0.05, 0.1) is 0 Å². The summed E-state index contributed by atoms with van der Waals surface area (Å²) in [6.07, 6.45) is 3.47. The van der Waals surface area contributed by atoms with Crippen molar-refractivity contribution in [2.24, 2.45) is 0 Å². The summed E-state index contributed by atoms with van der Waals surface area (Å²) >= 11 is 0. The zero-order valence-electron chi connectivity index (χ0n) is 12.0. The zero-order chi connectivity index (χ0) is 15.0. The Labute approximate surface area is 121 Å². The number of aromatic nitrogens is 1. The van der Waals surface area contributed by atoms with Gasteiger partial charge in [0, 0.05) is 23.1 Å². The van der Waals surface area contributed by atoms with Crippen LogP contribution in [0.3, 0.4) is 0 Å². The first-order valence-electron chi connectivity index (χ1n) is 6.75. The fourth-order valence-corrected chi connectivity index (χ4v) is 2.46. The molecule has 4 nitrogen and oxygen atoms in total. The van der Waals surface area contributed by atoms with Crippen molar-refractivity contribution in [2.45, 2.75) is 20.4 Å². The molecule has 0 amide bonds. The van der Waals surface area contributed by atoms with E-state index < -0.39 is 0 Å². The van der Waals surface area contributed by atoms with E-state index in [2.05, 4.69) is 0 Å². The van der Waals surface area contributed by atoms with Crippen LogP contribution in [0.15, 0.2) is 51.9 Å². The fraction of sp³-hybridized carbons (Fsp3) is 0.176. The van der Waals surface area contributed by atoms with Crippen LogP contribution in [-0.4, -0.2) is 5.11 Å². The fourth-order valence-electron chi connectivity index (χ4n) is 2.46. The number of aromatic hydroxyl groups is 1. The molecule has 0 saturated carbocycles. The lowest BCUT2D eigenvalue weighted by Crippen LogP contribution is -2.33. The topological polar surface area (TPSA) is 54.3 Å². The highest BCUT2D eigenvalue weighted by molar-refractivity contribution is 5.83. The van der Waals surface area contributed by atoms with Crippen molar-refractivity contribution in [1.29, 1.82) is 0 Å². The monoisotopic (exact) mass is 282 g/mol. The number of pyridine rings is 1. The van der Waals surface area contributed by atoms with Crippen molar-refractivity contribution >= 4 is 11.0 Å². The molecule has 0 radical (unpaired) electrons. The minimum absolute atomic E-state index is 0.191. The molecule has 0 unspecified atom stereocenters. The number of aryl methyl sites for hydroxylation is 2. The van der Waals surface area contributed by atoms with Crippen LogP contribution in [0.2, 0.25) is 0 Å². The van der Waals surface area contributed by atoms with E-state index in [9.17, 15) is 9.90 Å². The van der Waals surface area contributed by atoms with E-state index in [-0.39, 0.29) is 11.4 Å². The normalized spacial score (nSPS) is 11.0. The molecule has 3 rings (SSSR count). The first-order valence-corrected chi connectivity index (χ1v) is 6.75. The summed E-state index contributed by atoms with van der Waals surface area (Å²) in [5, 5.41) is 10.5. The molecule has 1 N–H and O–H groups in total. The highest BCUT2D eigenvalue weighted by Gasteiger charge is 2.13. The zero-order valence-corrected chi connectivity index (χ0v) is 12.0. The summed E-state index contributed by atoms with van der Waals surface area (Å²) < 4.78 is 7.19. The molecule has 4 heteroatoms. The van der Waals surface area contributed by atoms with Gasteiger partial charge in [0.1, 0.15) is 5.58 Å². The molecule has 0 fully saturated rings. The van der Waals surface area contributed by atoms with Gasteiger partial charge in [-0.2, -0.15) is 4.57 Å². The third-order valence-corrected chi connectivity index (χ3v) is 3.71. The molecule has 3 aromatic rings. The van der Waals surface area contributed by atoms with Gasteiger partial charge in [0.25, 0.3) is 0 Å². The van der Waals surface area contributed by atoms with Crippen LogP contribution < -0.4 is 10.2 Å². The second kappa shape index (κ2) is 5.05. The molecule has 0 aliphatic heterocycles. The van der Waals surface area contributed by atoms with E-state index in [0.717, 1.165) is 22.1 Å². The number of nitrogens with zero attached hydrogens (tertiary/aromatic N) is 1. The summed E-state index contributed by atoms with van der Waals surface area (Å²) in [6, 6.07) is 8.88. The minimum Gasteiger partial charge on any atom is -0.503 e. The number of hydrogen-bond acceptors (Lipinski definition) is 3. The van der Waals surface area contributed by atoms with Gasteiger partial charge in [-0.1, -0.05) is 12.1 Å². The van der Waals surface area contributed by atoms with E-state index in [0.29, 0.717) is 12.1 Å². The second-order valence-corrected chi connectivity index (χ2v) is 5.21. The van der Waals surface area contributed by atoms with Gasteiger partial charge in [-0.15, -0.1) is 0 Å². The Morgan fingerprint density at radius 2 is 2.05 bits per heavy atom. The molecule has 0 saturated heterocycles. The summed E-state index contributed by atoms with van der Waals surface area (Å²) in [6.45, 7) is 4.44. The predicted molar refractivity (Wildman–Crippen MR) is 79.4 cm³/mol. The molecule has 0 aliphatic rings. The van der Waals surface area contributed by atoms with Gasteiger partial charge in [0.15, 0.2) is 18.5 Å². The molecule has 0 aliphatic carbocycles. The number of rotatable bonds is 2. The maximum absolute atomic E-state index is 11.8. The van der Waals surface area contributed by atoms with E-state index in [1.54, 1.807) is 18.3 Å². The Kier molecular flexibility index (Phi) is 3.22. The van der Waals surface area contributed by atoms with E-state index in [1.165, 1.54) is 6.07 Å². The Balaban J connectivity index is 2.18. The Morgan fingerprint density at radius 3 is 2.81 bits per heavy atom. The molecule has 106 valence electrons. The van der Waals surface area contributed by atoms with Crippen LogP contribution in [0.5, 0.6) is 5.75 Å². The summed E-state index contributed by atoms with van der Waals surface area (Å²) in [5.74, 6) is 0.191. The van der Waals surface area contributed by atoms with Crippen LogP contribution in [0.4, 0.5) is 0 Å². The molecule has 0 spiro atoms. The highest BCUT2D eigenvalue weighted by atomic mass is 16.4. The van der Waals surface area contributed by atoms with Crippen molar-refractivity contribution in [2.75, 3.05) is 0 Å². The van der Waals surface area contributed by atoms with Gasteiger partial charge < -0.3 is 9.52 Å². The predicted octanol–water partition coefficient (Wildman–Crippen LogP) is 2.45. The van der Waals surface area contributed by atoms with Crippen molar-refractivity contribution in [3.05, 3.63) is 69.8 Å². The minimum atomic E-state index is -0.355. The lowest BCUT2D eigenvalue weighted by molar-refractivity contribution is -0.688. The average Bonchev–Trinajstić information content (AvgIpc) is 2.43. The van der Waals surface area contributed by atoms with E-state index in [4.69, 9.17) is 4.42 Å². The molecule has 2 aromatic heterocycles. The largest absolute Gasteiger partial charge is 0.503 e. The van der Waals surface area contributed by atoms with E-state index >= 15 is 0 Å². The van der Waals surface area contributed by atoms with Crippen molar-refractivity contribution in [3.63, 3.8) is 0 Å². The van der Waals surface area contributed by atoms with Gasteiger partial charge >= 0.3 is 5.63 Å². The standard InChI is InChI=1S/C17H15NO3/c1-11-5-6-15-13(8-16(20)21-17(15)12(11)2)9-18-7-3-4-14(19)10-18/h3-8,10H,9H2,1-2H3/p+1.